The van der Waals surface area contributed by atoms with Gasteiger partial charge < -0.3 is 15.2 Å². The lowest BCUT2D eigenvalue weighted by Crippen LogP contribution is -2.31. The Hall–Kier alpha value is -1.71. The van der Waals surface area contributed by atoms with Crippen LogP contribution in [0.25, 0.3) is 0 Å². The maximum Gasteiger partial charge on any atom is 0.265 e. The summed E-state index contributed by atoms with van der Waals surface area (Å²) in [5.41, 5.74) is 1.14. The van der Waals surface area contributed by atoms with E-state index in [0.717, 1.165) is 5.56 Å². The number of rotatable bonds is 6. The third kappa shape index (κ3) is 3.95. The molecule has 1 unspecified atom stereocenters. The van der Waals surface area contributed by atoms with Crippen molar-refractivity contribution in [3.05, 3.63) is 29.3 Å². The molecule has 0 aromatic heterocycles. The average Bonchev–Trinajstić information content (AvgIpc) is 2.38. The normalized spacial score (nSPS) is 12.2. The number of hydrogen-bond donors (Lipinski definition) is 2. The van der Waals surface area contributed by atoms with Crippen LogP contribution in [0, 0.1) is 11.3 Å². The molecule has 0 heterocycles. The Kier molecular flexibility index (Phi) is 5.49. The van der Waals surface area contributed by atoms with Crippen molar-refractivity contribution in [2.75, 3.05) is 13.7 Å². The van der Waals surface area contributed by atoms with Gasteiger partial charge in [0, 0.05) is 13.1 Å². The standard InChI is InChI=1S/C12H14F2N2O2/c1-18-11-3-2-8(4-9(11)5-15)6-16-7-10(17)12(13)14/h2-4,10,12,16-17H,6-7H2,1H3. The van der Waals surface area contributed by atoms with E-state index in [1.54, 1.807) is 18.2 Å². The first kappa shape index (κ1) is 14.4. The van der Waals surface area contributed by atoms with Crippen LogP contribution >= 0.6 is 0 Å². The molecular weight excluding hydrogens is 242 g/mol. The van der Waals surface area contributed by atoms with E-state index in [-0.39, 0.29) is 6.54 Å². The number of methoxy groups -OCH3 is 1. The Labute approximate surface area is 104 Å². The van der Waals surface area contributed by atoms with Gasteiger partial charge in [-0.15, -0.1) is 0 Å². The molecule has 1 aromatic rings. The van der Waals surface area contributed by atoms with Crippen LogP contribution in [0.5, 0.6) is 5.75 Å². The van der Waals surface area contributed by atoms with Gasteiger partial charge in [0.05, 0.1) is 12.7 Å². The van der Waals surface area contributed by atoms with E-state index in [9.17, 15) is 8.78 Å². The molecule has 6 heteroatoms. The van der Waals surface area contributed by atoms with E-state index in [1.807, 2.05) is 6.07 Å². The maximum atomic E-state index is 12.0. The molecular formula is C12H14F2N2O2. The van der Waals surface area contributed by atoms with E-state index in [0.29, 0.717) is 17.9 Å². The lowest BCUT2D eigenvalue weighted by molar-refractivity contribution is -0.00340. The first-order valence-corrected chi connectivity index (χ1v) is 5.32. The fraction of sp³-hybridized carbons (Fsp3) is 0.417. The number of aliphatic hydroxyl groups excluding tert-OH is 1. The predicted octanol–water partition coefficient (Wildman–Crippen LogP) is 1.28. The lowest BCUT2D eigenvalue weighted by atomic mass is 10.1. The van der Waals surface area contributed by atoms with Crippen LogP contribution in [0.4, 0.5) is 8.78 Å². The molecule has 0 saturated carbocycles. The van der Waals surface area contributed by atoms with Gasteiger partial charge in [-0.3, -0.25) is 0 Å². The minimum absolute atomic E-state index is 0.203. The van der Waals surface area contributed by atoms with Gasteiger partial charge in [0.15, 0.2) is 0 Å². The minimum Gasteiger partial charge on any atom is -0.495 e. The van der Waals surface area contributed by atoms with Crippen molar-refractivity contribution in [2.24, 2.45) is 0 Å². The topological polar surface area (TPSA) is 65.3 Å². The van der Waals surface area contributed by atoms with Gasteiger partial charge in [-0.05, 0) is 17.7 Å². The number of hydrogen-bond acceptors (Lipinski definition) is 4. The number of halogens is 2. The second kappa shape index (κ2) is 6.89. The smallest absolute Gasteiger partial charge is 0.265 e. The highest BCUT2D eigenvalue weighted by Gasteiger charge is 2.15. The number of ether oxygens (including phenoxy) is 1. The highest BCUT2D eigenvalue weighted by atomic mass is 19.3. The van der Waals surface area contributed by atoms with Crippen molar-refractivity contribution in [2.45, 2.75) is 19.1 Å². The molecule has 0 aliphatic carbocycles. The molecule has 0 radical (unpaired) electrons. The van der Waals surface area contributed by atoms with E-state index in [2.05, 4.69) is 5.32 Å². The Morgan fingerprint density at radius 3 is 2.78 bits per heavy atom. The molecule has 0 aliphatic rings. The molecule has 18 heavy (non-hydrogen) atoms. The van der Waals surface area contributed by atoms with Crippen molar-refractivity contribution in [1.82, 2.24) is 5.32 Å². The molecule has 98 valence electrons. The highest BCUT2D eigenvalue weighted by molar-refractivity contribution is 5.45. The van der Waals surface area contributed by atoms with Gasteiger partial charge in [-0.1, -0.05) is 6.07 Å². The number of nitriles is 1. The summed E-state index contributed by atoms with van der Waals surface area (Å²) >= 11 is 0. The third-order valence-electron chi connectivity index (χ3n) is 2.36. The molecule has 0 saturated heterocycles. The van der Waals surface area contributed by atoms with Gasteiger partial charge in [-0.25, -0.2) is 8.78 Å². The largest absolute Gasteiger partial charge is 0.495 e. The third-order valence-corrected chi connectivity index (χ3v) is 2.36. The zero-order valence-electron chi connectivity index (χ0n) is 9.86. The molecule has 1 atom stereocenters. The molecule has 0 amide bonds. The van der Waals surface area contributed by atoms with Gasteiger partial charge in [0.1, 0.15) is 17.9 Å². The van der Waals surface area contributed by atoms with E-state index in [1.165, 1.54) is 7.11 Å². The quantitative estimate of drug-likeness (QED) is 0.804. The fourth-order valence-corrected chi connectivity index (χ4v) is 1.41. The highest BCUT2D eigenvalue weighted by Crippen LogP contribution is 2.18. The summed E-state index contributed by atoms with van der Waals surface area (Å²) in [6.07, 6.45) is -4.44. The van der Waals surface area contributed by atoms with Crippen molar-refractivity contribution < 1.29 is 18.6 Å². The zero-order valence-corrected chi connectivity index (χ0v) is 9.86. The van der Waals surface area contributed by atoms with Crippen LogP contribution in [0.3, 0.4) is 0 Å². The number of nitrogens with zero attached hydrogens (tertiary/aromatic N) is 1. The summed E-state index contributed by atoms with van der Waals surface area (Å²) in [6.45, 7) is 0.0913. The minimum atomic E-state index is -2.76. The predicted molar refractivity (Wildman–Crippen MR) is 61.4 cm³/mol. The molecule has 0 fully saturated rings. The summed E-state index contributed by atoms with van der Waals surface area (Å²) in [6, 6.07) is 6.96. The maximum absolute atomic E-state index is 12.0. The van der Waals surface area contributed by atoms with Crippen LogP contribution in [0.1, 0.15) is 11.1 Å². The van der Waals surface area contributed by atoms with Crippen LogP contribution < -0.4 is 10.1 Å². The van der Waals surface area contributed by atoms with E-state index < -0.39 is 12.5 Å². The van der Waals surface area contributed by atoms with Gasteiger partial charge in [0.2, 0.25) is 0 Å². The number of alkyl halides is 2. The van der Waals surface area contributed by atoms with Gasteiger partial charge in [-0.2, -0.15) is 5.26 Å². The second-order valence-corrected chi connectivity index (χ2v) is 3.68. The van der Waals surface area contributed by atoms with Gasteiger partial charge in [0.25, 0.3) is 6.43 Å². The van der Waals surface area contributed by atoms with Crippen molar-refractivity contribution in [1.29, 1.82) is 5.26 Å². The van der Waals surface area contributed by atoms with Crippen LogP contribution in [0.15, 0.2) is 18.2 Å². The molecule has 2 N–H and O–H groups in total. The van der Waals surface area contributed by atoms with E-state index >= 15 is 0 Å². The Balaban J connectivity index is 2.56. The number of aliphatic hydroxyl groups is 1. The first-order valence-electron chi connectivity index (χ1n) is 5.32. The van der Waals surface area contributed by atoms with E-state index in [4.69, 9.17) is 15.1 Å². The monoisotopic (exact) mass is 256 g/mol. The van der Waals surface area contributed by atoms with Crippen molar-refractivity contribution in [3.63, 3.8) is 0 Å². The number of nitrogens with one attached hydrogen (secondary N) is 1. The summed E-state index contributed by atoms with van der Waals surface area (Å²) in [5.74, 6) is 0.467. The summed E-state index contributed by atoms with van der Waals surface area (Å²) in [4.78, 5) is 0. The Morgan fingerprint density at radius 2 is 2.22 bits per heavy atom. The van der Waals surface area contributed by atoms with Crippen LogP contribution in [-0.4, -0.2) is 31.3 Å². The lowest BCUT2D eigenvalue weighted by Gasteiger charge is -2.11. The summed E-state index contributed by atoms with van der Waals surface area (Å²) < 4.78 is 29.0. The van der Waals surface area contributed by atoms with Crippen molar-refractivity contribution in [3.8, 4) is 11.8 Å². The Morgan fingerprint density at radius 1 is 1.50 bits per heavy atom. The fourth-order valence-electron chi connectivity index (χ4n) is 1.41. The molecule has 0 bridgehead atoms. The average molecular weight is 256 g/mol. The molecule has 1 rings (SSSR count). The first-order chi connectivity index (χ1) is 8.58. The Bertz CT molecular complexity index is 433. The SMILES string of the molecule is COc1ccc(CNCC(O)C(F)F)cc1C#N. The van der Waals surface area contributed by atoms with Gasteiger partial charge >= 0.3 is 0 Å². The summed E-state index contributed by atoms with van der Waals surface area (Å²) in [5, 5.41) is 20.5. The van der Waals surface area contributed by atoms with Crippen LogP contribution in [0.2, 0.25) is 0 Å². The summed E-state index contributed by atoms with van der Waals surface area (Å²) in [7, 11) is 1.47. The number of benzene rings is 1. The molecule has 4 nitrogen and oxygen atoms in total. The second-order valence-electron chi connectivity index (χ2n) is 3.68. The van der Waals surface area contributed by atoms with Crippen molar-refractivity contribution >= 4 is 0 Å². The van der Waals surface area contributed by atoms with Crippen LogP contribution in [-0.2, 0) is 6.54 Å². The zero-order chi connectivity index (χ0) is 13.5. The molecule has 0 aliphatic heterocycles. The molecule has 0 spiro atoms. The molecule has 1 aromatic carbocycles.